The van der Waals surface area contributed by atoms with E-state index in [2.05, 4.69) is 103 Å². The van der Waals surface area contributed by atoms with E-state index >= 15 is 0 Å². The van der Waals surface area contributed by atoms with Crippen LogP contribution in [0.3, 0.4) is 0 Å². The van der Waals surface area contributed by atoms with Gasteiger partial charge in [-0.25, -0.2) is 0 Å². The quantitative estimate of drug-likeness (QED) is 0.0408. The van der Waals surface area contributed by atoms with Crippen LogP contribution in [0.15, 0.2) is 135 Å². The van der Waals surface area contributed by atoms with E-state index in [0.717, 1.165) is 189 Å². The van der Waals surface area contributed by atoms with Crippen molar-refractivity contribution < 1.29 is 43.9 Å². The molecule has 3 aromatic heterocycles. The SMILES string of the molecule is C=CC(=O)N1CCN(c2nc(OCCCN3CCCCC3)nc3c2CCN(c2c(C)c(O)cc4ccccc24)C3)CC1.C=CC(=O)N1CCN(c2nc(OC[C@@H]3CCCN3C)nc3c2CCN(c2c(C)c(O)cc4ccccc24)C3)CC1.C=CC(=O)N1CCN(c2nc(OC[C@H]3CCC(C)(C)N3)nc3c2CCN(c2cc(O)cc4ccccc24)C3)CC1. The number of hydrogen-bond acceptors (Lipinski definition) is 24. The first kappa shape index (κ1) is 84.1. The number of ether oxygens (including phenoxy) is 3. The zero-order valence-electron chi connectivity index (χ0n) is 71.6. The summed E-state index contributed by atoms with van der Waals surface area (Å²) in [6, 6.07) is 33.8. The van der Waals surface area contributed by atoms with Crippen LogP contribution >= 0.6 is 0 Å². The molecule has 4 N–H and O–H groups in total. The van der Waals surface area contributed by atoms with Crippen LogP contribution in [0.4, 0.5) is 34.5 Å². The largest absolute Gasteiger partial charge is 0.508 e. The van der Waals surface area contributed by atoms with E-state index in [1.165, 1.54) is 57.0 Å². The van der Waals surface area contributed by atoms with Crippen molar-refractivity contribution in [2.75, 3.05) is 181 Å². The molecule has 642 valence electrons. The van der Waals surface area contributed by atoms with Crippen molar-refractivity contribution in [1.82, 2.24) is 59.7 Å². The third-order valence-corrected chi connectivity index (χ3v) is 26.1. The molecule has 27 heteroatoms. The Hall–Kier alpha value is -11.6. The maximum Gasteiger partial charge on any atom is 0.318 e. The van der Waals surface area contributed by atoms with Crippen LogP contribution in [-0.2, 0) is 53.3 Å². The monoisotopic (exact) mass is 1650 g/mol. The molecule has 9 aromatic rings. The van der Waals surface area contributed by atoms with Gasteiger partial charge in [-0.3, -0.25) is 14.4 Å². The van der Waals surface area contributed by atoms with Crippen LogP contribution in [0.5, 0.6) is 35.3 Å². The average molecular weight is 1660 g/mol. The lowest BCUT2D eigenvalue weighted by Crippen LogP contribution is -2.49. The van der Waals surface area contributed by atoms with E-state index in [0.29, 0.717) is 154 Å². The molecule has 6 aromatic carbocycles. The predicted octanol–water partition coefficient (Wildman–Crippen LogP) is 11.5. The van der Waals surface area contributed by atoms with Gasteiger partial charge in [0, 0.05) is 178 Å². The molecule has 2 atom stereocenters. The number of benzene rings is 6. The summed E-state index contributed by atoms with van der Waals surface area (Å²) in [6.07, 6.45) is 15.8. The number of carbonyl (C=O) groups is 3. The Kier molecular flexibility index (Phi) is 25.8. The summed E-state index contributed by atoms with van der Waals surface area (Å²) in [5, 5.41) is 42.0. The van der Waals surface area contributed by atoms with Crippen molar-refractivity contribution in [3.63, 3.8) is 0 Å². The highest BCUT2D eigenvalue weighted by Gasteiger charge is 2.37. The van der Waals surface area contributed by atoms with E-state index < -0.39 is 0 Å². The van der Waals surface area contributed by atoms with Gasteiger partial charge in [-0.2, -0.15) is 29.9 Å². The van der Waals surface area contributed by atoms with E-state index in [1.807, 2.05) is 101 Å². The van der Waals surface area contributed by atoms with Crippen LogP contribution in [0.1, 0.15) is 110 Å². The molecule has 6 saturated heterocycles. The lowest BCUT2D eigenvalue weighted by Gasteiger charge is -2.38. The molecule has 0 aliphatic carbocycles. The fraction of sp³-hybridized carbons (Fsp3) is 0.463. The van der Waals surface area contributed by atoms with Crippen LogP contribution in [0.25, 0.3) is 32.3 Å². The highest BCUT2D eigenvalue weighted by atomic mass is 16.5. The lowest BCUT2D eigenvalue weighted by atomic mass is 9.99. The number of amides is 3. The second-order valence-electron chi connectivity index (χ2n) is 34.5. The maximum absolute atomic E-state index is 12.2. The number of aromatic hydroxyl groups is 3. The number of hydrogen-bond donors (Lipinski definition) is 4. The summed E-state index contributed by atoms with van der Waals surface area (Å²) < 4.78 is 18.7. The minimum absolute atomic E-state index is 0.0264. The number of anilines is 6. The Morgan fingerprint density at radius 1 is 0.475 bits per heavy atom. The second-order valence-corrected chi connectivity index (χ2v) is 34.5. The molecular weight excluding hydrogens is 1540 g/mol. The summed E-state index contributed by atoms with van der Waals surface area (Å²) >= 11 is 0. The number of nitrogens with zero attached hydrogens (tertiary/aromatic N) is 17. The molecule has 0 bridgehead atoms. The van der Waals surface area contributed by atoms with Crippen LogP contribution in [0, 0.1) is 13.8 Å². The highest BCUT2D eigenvalue weighted by molar-refractivity contribution is 6.00. The van der Waals surface area contributed by atoms with Gasteiger partial charge in [-0.1, -0.05) is 99.0 Å². The van der Waals surface area contributed by atoms with Crippen molar-refractivity contribution in [2.45, 2.75) is 136 Å². The first-order chi connectivity index (χ1) is 59.2. The van der Waals surface area contributed by atoms with Gasteiger partial charge in [0.1, 0.15) is 47.9 Å². The van der Waals surface area contributed by atoms with Gasteiger partial charge in [0.05, 0.1) is 54.7 Å². The Morgan fingerprint density at radius 2 is 0.902 bits per heavy atom. The number of carbonyl (C=O) groups excluding carboxylic acids is 3. The van der Waals surface area contributed by atoms with E-state index in [1.54, 1.807) is 6.07 Å². The number of likely N-dealkylation sites (tertiary alicyclic amines) is 2. The molecule has 3 amide bonds. The van der Waals surface area contributed by atoms with Crippen LogP contribution in [0.2, 0.25) is 0 Å². The number of rotatable bonds is 20. The lowest BCUT2D eigenvalue weighted by molar-refractivity contribution is -0.127. The Labute approximate surface area is 715 Å². The third-order valence-electron chi connectivity index (χ3n) is 26.1. The molecule has 0 radical (unpaired) electrons. The van der Waals surface area contributed by atoms with Crippen molar-refractivity contribution >= 4 is 84.6 Å². The molecule has 122 heavy (non-hydrogen) atoms. The normalized spacial score (nSPS) is 19.3. The van der Waals surface area contributed by atoms with Crippen molar-refractivity contribution in [1.29, 1.82) is 0 Å². The molecular formula is C95H118N18O9. The predicted molar refractivity (Wildman–Crippen MR) is 481 cm³/mol. The Bertz CT molecular complexity index is 5350. The summed E-state index contributed by atoms with van der Waals surface area (Å²) in [5.74, 6) is 3.53. The first-order valence-corrected chi connectivity index (χ1v) is 43.9. The summed E-state index contributed by atoms with van der Waals surface area (Å²) in [5.41, 5.74) is 11.3. The summed E-state index contributed by atoms with van der Waals surface area (Å²) in [6.45, 7) is 37.6. The van der Waals surface area contributed by atoms with Crippen LogP contribution in [-0.4, -0.2) is 256 Å². The minimum Gasteiger partial charge on any atom is -0.508 e. The number of aromatic nitrogens is 6. The molecule has 0 saturated carbocycles. The summed E-state index contributed by atoms with van der Waals surface area (Å²) in [7, 11) is 2.14. The standard InChI is InChI=1S/C33H42N6O3.2C31H38N6O3/c1-3-30(41)37-17-19-38(20-18-37)32-27-12-16-39(31-24(2)29(40)22-25-10-5-6-11-26(25)31)23-28(27)34-33(35-32)42-21-9-15-36-13-7-4-8-14-36;1-4-28(39)35-14-16-36(17-15-35)30-25-11-13-37(29-21(2)27(38)18-22-8-5-6-10-24(22)29)19-26(25)32-31(33-30)40-20-23-9-7-12-34(23)3;1-4-28(39)35-13-15-36(16-14-35)29-25-10-12-37(27-18-23(38)17-21-7-5-6-8-24(21)27)19-26(25)32-30(33-29)40-20-22-9-11-31(2,3)34-22/h3,5-6,10-11,22,40H,1,4,7-9,12-21,23H2,2H3;4-6,8,10,18,23,38H,1,7,9,11-17,19-20H2,2-3H3;4-8,17-18,22,34,38H,1,9-16,19-20H2,2-3H3/t;23-;22-/m.01/s1. The fourth-order valence-electron chi connectivity index (χ4n) is 19.2. The molecule has 18 rings (SSSR count). The van der Waals surface area contributed by atoms with E-state index in [4.69, 9.17) is 44.1 Å². The van der Waals surface area contributed by atoms with Gasteiger partial charge in [0.2, 0.25) is 17.7 Å². The topological polar surface area (TPSA) is 265 Å². The van der Waals surface area contributed by atoms with Gasteiger partial charge in [-0.15, -0.1) is 0 Å². The number of piperazine rings is 3. The smallest absolute Gasteiger partial charge is 0.318 e. The Morgan fingerprint density at radius 3 is 1.34 bits per heavy atom. The molecule has 6 fully saturated rings. The van der Waals surface area contributed by atoms with Gasteiger partial charge in [-0.05, 0) is 171 Å². The zero-order valence-corrected chi connectivity index (χ0v) is 71.6. The molecule has 12 heterocycles. The number of likely N-dealkylation sites (N-methyl/N-ethyl adjacent to an activating group) is 1. The number of fused-ring (bicyclic) bond motifs is 6. The van der Waals surface area contributed by atoms with Crippen molar-refractivity contribution in [2.24, 2.45) is 0 Å². The van der Waals surface area contributed by atoms with Gasteiger partial charge >= 0.3 is 18.0 Å². The average Bonchev–Trinajstić information content (AvgIpc) is 0.855. The molecule has 9 aliphatic heterocycles. The number of phenolic OH excluding ortho intramolecular Hbond substituents is 3. The molecule has 0 unspecified atom stereocenters. The maximum atomic E-state index is 12.2. The zero-order chi connectivity index (χ0) is 84.7. The van der Waals surface area contributed by atoms with Crippen molar-refractivity contribution in [3.05, 3.63) is 180 Å². The fourth-order valence-corrected chi connectivity index (χ4v) is 19.2. The molecule has 0 spiro atoms. The van der Waals surface area contributed by atoms with Gasteiger partial charge < -0.3 is 88.7 Å². The first-order valence-electron chi connectivity index (χ1n) is 43.9. The number of piperidine rings is 1. The molecule has 27 nitrogen and oxygen atoms in total. The van der Waals surface area contributed by atoms with E-state index in [9.17, 15) is 29.7 Å². The highest BCUT2D eigenvalue weighted by Crippen LogP contribution is 2.44. The summed E-state index contributed by atoms with van der Waals surface area (Å²) in [4.78, 5) is 90.3. The molecule has 9 aliphatic rings. The van der Waals surface area contributed by atoms with E-state index in [-0.39, 0.29) is 35.1 Å². The third kappa shape index (κ3) is 18.7. The number of nitrogens with one attached hydrogen (secondary N) is 1. The van der Waals surface area contributed by atoms with Gasteiger partial charge in [0.25, 0.3) is 0 Å². The van der Waals surface area contributed by atoms with Crippen LogP contribution < -0.4 is 48.9 Å². The van der Waals surface area contributed by atoms with Crippen molar-refractivity contribution in [3.8, 4) is 35.3 Å². The van der Waals surface area contributed by atoms with Gasteiger partial charge in [0.15, 0.2) is 0 Å². The minimum atomic E-state index is -0.0330. The number of phenols is 3. The Balaban J connectivity index is 0.000000136. The second kappa shape index (κ2) is 37.4.